The molecule has 0 aromatic rings. The molecule has 1 aliphatic heterocycles. The molecule has 5 nitrogen and oxygen atoms in total. The van der Waals surface area contributed by atoms with Crippen molar-refractivity contribution in [1.82, 2.24) is 9.80 Å². The van der Waals surface area contributed by atoms with Crippen LogP contribution in [0, 0.1) is 5.41 Å². The number of hydrogen-bond acceptors (Lipinski definition) is 3. The number of piperidine rings is 1. The molecule has 1 rings (SSSR count). The van der Waals surface area contributed by atoms with Gasteiger partial charge in [-0.3, -0.25) is 9.59 Å². The number of aliphatic carboxylic acids is 1. The lowest BCUT2D eigenvalue weighted by molar-refractivity contribution is -0.154. The zero-order valence-electron chi connectivity index (χ0n) is 10.9. The van der Waals surface area contributed by atoms with E-state index in [-0.39, 0.29) is 5.91 Å². The average molecular weight is 242 g/mol. The fraction of sp³-hybridized carbons (Fsp3) is 0.833. The molecular formula is C12H22N2O3. The van der Waals surface area contributed by atoms with Gasteiger partial charge in [-0.2, -0.15) is 0 Å². The Morgan fingerprint density at radius 2 is 1.82 bits per heavy atom. The van der Waals surface area contributed by atoms with Crippen LogP contribution in [0.1, 0.15) is 26.2 Å². The van der Waals surface area contributed by atoms with Gasteiger partial charge < -0.3 is 14.9 Å². The minimum atomic E-state index is -0.722. The molecule has 1 amide bonds. The lowest BCUT2D eigenvalue weighted by Crippen LogP contribution is -2.48. The third-order valence-corrected chi connectivity index (χ3v) is 3.66. The zero-order chi connectivity index (χ0) is 13.1. The molecule has 0 unspecified atom stereocenters. The number of hydrogen-bond donors (Lipinski definition) is 1. The molecule has 0 saturated carbocycles. The van der Waals surface area contributed by atoms with Gasteiger partial charge in [-0.05, 0) is 33.4 Å². The van der Waals surface area contributed by atoms with E-state index in [0.29, 0.717) is 38.9 Å². The number of carbonyl (C=O) groups excluding carboxylic acids is 1. The van der Waals surface area contributed by atoms with Gasteiger partial charge in [-0.25, -0.2) is 0 Å². The van der Waals surface area contributed by atoms with Crippen molar-refractivity contribution < 1.29 is 14.7 Å². The summed E-state index contributed by atoms with van der Waals surface area (Å²) in [7, 11) is 3.71. The van der Waals surface area contributed by atoms with Crippen LogP contribution in [-0.4, -0.2) is 60.5 Å². The first kappa shape index (κ1) is 14.0. The van der Waals surface area contributed by atoms with E-state index in [4.69, 9.17) is 0 Å². The summed E-state index contributed by atoms with van der Waals surface area (Å²) >= 11 is 0. The SMILES string of the molecule is CCC1(C(=O)O)CCN(C(=O)CN(C)C)CC1. The first-order valence-electron chi connectivity index (χ1n) is 6.07. The smallest absolute Gasteiger partial charge is 0.309 e. The van der Waals surface area contributed by atoms with Crippen molar-refractivity contribution in [3.8, 4) is 0 Å². The number of likely N-dealkylation sites (tertiary alicyclic amines) is 1. The summed E-state index contributed by atoms with van der Waals surface area (Å²) in [5.74, 6) is -0.634. The maximum Gasteiger partial charge on any atom is 0.309 e. The van der Waals surface area contributed by atoms with Gasteiger partial charge in [-0.15, -0.1) is 0 Å². The van der Waals surface area contributed by atoms with E-state index in [9.17, 15) is 14.7 Å². The van der Waals surface area contributed by atoms with Gasteiger partial charge in [0.1, 0.15) is 0 Å². The highest BCUT2D eigenvalue weighted by molar-refractivity contribution is 5.79. The molecule has 0 atom stereocenters. The van der Waals surface area contributed by atoms with Crippen LogP contribution in [0.5, 0.6) is 0 Å². The molecule has 0 bridgehead atoms. The Bertz CT molecular complexity index is 294. The van der Waals surface area contributed by atoms with Crippen molar-refractivity contribution in [2.45, 2.75) is 26.2 Å². The number of carbonyl (C=O) groups is 2. The molecule has 0 radical (unpaired) electrons. The molecule has 1 fully saturated rings. The number of carboxylic acid groups (broad SMARTS) is 1. The van der Waals surface area contributed by atoms with Crippen LogP contribution in [-0.2, 0) is 9.59 Å². The van der Waals surface area contributed by atoms with Crippen molar-refractivity contribution in [3.63, 3.8) is 0 Å². The molecule has 17 heavy (non-hydrogen) atoms. The van der Waals surface area contributed by atoms with Gasteiger partial charge >= 0.3 is 5.97 Å². The van der Waals surface area contributed by atoms with Crippen LogP contribution in [0.25, 0.3) is 0 Å². The average Bonchev–Trinajstić information content (AvgIpc) is 2.28. The highest BCUT2D eigenvalue weighted by atomic mass is 16.4. The molecular weight excluding hydrogens is 220 g/mol. The van der Waals surface area contributed by atoms with E-state index in [1.54, 1.807) is 4.90 Å². The van der Waals surface area contributed by atoms with Gasteiger partial charge in [0.25, 0.3) is 0 Å². The molecule has 0 aliphatic carbocycles. The van der Waals surface area contributed by atoms with Crippen LogP contribution >= 0.6 is 0 Å². The maximum atomic E-state index is 11.8. The highest BCUT2D eigenvalue weighted by Crippen LogP contribution is 2.35. The fourth-order valence-electron chi connectivity index (χ4n) is 2.27. The lowest BCUT2D eigenvalue weighted by atomic mass is 9.76. The molecule has 1 aliphatic rings. The van der Waals surface area contributed by atoms with Crippen molar-refractivity contribution >= 4 is 11.9 Å². The monoisotopic (exact) mass is 242 g/mol. The van der Waals surface area contributed by atoms with E-state index in [0.717, 1.165) is 0 Å². The Morgan fingerprint density at radius 1 is 1.29 bits per heavy atom. The Kier molecular flexibility index (Phi) is 4.51. The summed E-state index contributed by atoms with van der Waals surface area (Å²) in [6.45, 7) is 3.43. The second-order valence-corrected chi connectivity index (χ2v) is 5.06. The van der Waals surface area contributed by atoms with Crippen molar-refractivity contribution in [2.75, 3.05) is 33.7 Å². The maximum absolute atomic E-state index is 11.8. The Labute approximate surface area is 102 Å². The van der Waals surface area contributed by atoms with Crippen molar-refractivity contribution in [3.05, 3.63) is 0 Å². The topological polar surface area (TPSA) is 60.9 Å². The van der Waals surface area contributed by atoms with Crippen LogP contribution in [0.4, 0.5) is 0 Å². The van der Waals surface area contributed by atoms with Gasteiger partial charge in [0.2, 0.25) is 5.91 Å². The van der Waals surface area contributed by atoms with E-state index in [1.165, 1.54) is 0 Å². The van der Waals surface area contributed by atoms with Crippen LogP contribution in [0.15, 0.2) is 0 Å². The quantitative estimate of drug-likeness (QED) is 0.786. The number of likely N-dealkylation sites (N-methyl/N-ethyl adjacent to an activating group) is 1. The molecule has 1 saturated heterocycles. The summed E-state index contributed by atoms with van der Waals surface area (Å²) in [6.07, 6.45) is 1.77. The van der Waals surface area contributed by atoms with Gasteiger partial charge in [-0.1, -0.05) is 6.92 Å². The number of amides is 1. The first-order valence-corrected chi connectivity index (χ1v) is 6.07. The summed E-state index contributed by atoms with van der Waals surface area (Å²) in [6, 6.07) is 0. The van der Waals surface area contributed by atoms with Crippen molar-refractivity contribution in [2.24, 2.45) is 5.41 Å². The lowest BCUT2D eigenvalue weighted by Gasteiger charge is -2.38. The molecule has 0 spiro atoms. The fourth-order valence-corrected chi connectivity index (χ4v) is 2.27. The first-order chi connectivity index (χ1) is 7.91. The van der Waals surface area contributed by atoms with E-state index in [2.05, 4.69) is 0 Å². The molecule has 5 heteroatoms. The minimum absolute atomic E-state index is 0.0880. The van der Waals surface area contributed by atoms with Gasteiger partial charge in [0, 0.05) is 13.1 Å². The van der Waals surface area contributed by atoms with Crippen LogP contribution in [0.3, 0.4) is 0 Å². The van der Waals surface area contributed by atoms with E-state index in [1.807, 2.05) is 25.9 Å². The van der Waals surface area contributed by atoms with Gasteiger partial charge in [0.05, 0.1) is 12.0 Å². The molecule has 1 N–H and O–H groups in total. The van der Waals surface area contributed by atoms with Crippen LogP contribution in [0.2, 0.25) is 0 Å². The number of carboxylic acids is 1. The molecule has 0 aromatic heterocycles. The third-order valence-electron chi connectivity index (χ3n) is 3.66. The number of rotatable bonds is 4. The van der Waals surface area contributed by atoms with Gasteiger partial charge in [0.15, 0.2) is 0 Å². The molecule has 1 heterocycles. The van der Waals surface area contributed by atoms with E-state index >= 15 is 0 Å². The Morgan fingerprint density at radius 3 is 2.18 bits per heavy atom. The Hall–Kier alpha value is -1.10. The zero-order valence-corrected chi connectivity index (χ0v) is 10.9. The highest BCUT2D eigenvalue weighted by Gasteiger charge is 2.40. The normalized spacial score (nSPS) is 19.4. The summed E-state index contributed by atoms with van der Waals surface area (Å²) < 4.78 is 0. The van der Waals surface area contributed by atoms with Crippen molar-refractivity contribution in [1.29, 1.82) is 0 Å². The standard InChI is InChI=1S/C12H22N2O3/c1-4-12(11(16)17)5-7-14(8-6-12)10(15)9-13(2)3/h4-9H2,1-3H3,(H,16,17). The second-order valence-electron chi connectivity index (χ2n) is 5.06. The predicted octanol–water partition coefficient (Wildman–Crippen LogP) is 0.651. The predicted molar refractivity (Wildman–Crippen MR) is 64.7 cm³/mol. The summed E-state index contributed by atoms with van der Waals surface area (Å²) in [4.78, 5) is 26.7. The van der Waals surface area contributed by atoms with Crippen LogP contribution < -0.4 is 0 Å². The van der Waals surface area contributed by atoms with E-state index < -0.39 is 11.4 Å². The summed E-state index contributed by atoms with van der Waals surface area (Å²) in [5.41, 5.74) is -0.616. The third kappa shape index (κ3) is 3.19. The molecule has 98 valence electrons. The minimum Gasteiger partial charge on any atom is -0.481 e. The molecule has 0 aromatic carbocycles. The Balaban J connectivity index is 2.55. The summed E-state index contributed by atoms with van der Waals surface area (Å²) in [5, 5.41) is 9.25. The second kappa shape index (κ2) is 5.49. The number of nitrogens with zero attached hydrogens (tertiary/aromatic N) is 2. The largest absolute Gasteiger partial charge is 0.481 e.